The van der Waals surface area contributed by atoms with Crippen LogP contribution in [0.3, 0.4) is 0 Å². The molecule has 0 fully saturated rings. The molecule has 0 saturated heterocycles. The molecule has 70 valence electrons. The molecule has 0 aliphatic carbocycles. The number of aliphatic hydroxyl groups excluding tert-OH is 1. The van der Waals surface area contributed by atoms with E-state index in [1.54, 1.807) is 0 Å². The summed E-state index contributed by atoms with van der Waals surface area (Å²) in [6.45, 7) is 0. The van der Waals surface area contributed by atoms with Crippen LogP contribution in [-0.4, -0.2) is 10.9 Å². The first-order valence-corrected chi connectivity index (χ1v) is 5.85. The van der Waals surface area contributed by atoms with Crippen molar-refractivity contribution in [2.24, 2.45) is 0 Å². The number of rotatable bonds is 0. The lowest BCUT2D eigenvalue weighted by molar-refractivity contribution is 0.175. The van der Waals surface area contributed by atoms with E-state index < -0.39 is 0 Å². The molecule has 1 heterocycles. The first-order chi connectivity index (χ1) is 6.29. The minimum Gasteiger partial charge on any atom is -0.388 e. The van der Waals surface area contributed by atoms with Crippen LogP contribution in [-0.2, 0) is 5.75 Å². The molecular weight excluding hydrogens is 204 g/mol. The van der Waals surface area contributed by atoms with E-state index in [0.717, 1.165) is 34.1 Å². The minimum atomic E-state index is -0.330. The highest BCUT2D eigenvalue weighted by Crippen LogP contribution is 2.34. The fourth-order valence-corrected chi connectivity index (χ4v) is 2.95. The van der Waals surface area contributed by atoms with Crippen LogP contribution < -0.4 is 0 Å². The third kappa shape index (κ3) is 1.85. The molecule has 1 aliphatic heterocycles. The van der Waals surface area contributed by atoms with Gasteiger partial charge in [-0.25, -0.2) is 0 Å². The second-order valence-electron chi connectivity index (χ2n) is 3.16. The molecule has 1 N–H and O–H groups in total. The average molecular weight is 215 g/mol. The Balaban J connectivity index is 2.47. The zero-order valence-electron chi connectivity index (χ0n) is 7.16. The van der Waals surface area contributed by atoms with Gasteiger partial charge in [-0.3, -0.25) is 0 Å². The Morgan fingerprint density at radius 2 is 2.31 bits per heavy atom. The van der Waals surface area contributed by atoms with Crippen molar-refractivity contribution in [1.82, 2.24) is 0 Å². The van der Waals surface area contributed by atoms with Gasteiger partial charge in [0.1, 0.15) is 0 Å². The lowest BCUT2D eigenvalue weighted by Gasteiger charge is -2.11. The lowest BCUT2D eigenvalue weighted by atomic mass is 10.0. The molecule has 0 spiro atoms. The van der Waals surface area contributed by atoms with Gasteiger partial charge in [0.25, 0.3) is 0 Å². The van der Waals surface area contributed by atoms with Crippen LogP contribution in [0.1, 0.15) is 23.7 Å². The predicted octanol–water partition coefficient (Wildman–Crippen LogP) is 3.01. The molecule has 0 unspecified atom stereocenters. The predicted molar refractivity (Wildman–Crippen MR) is 57.2 cm³/mol. The van der Waals surface area contributed by atoms with Gasteiger partial charge in [0, 0.05) is 10.8 Å². The van der Waals surface area contributed by atoms with Crippen molar-refractivity contribution in [2.45, 2.75) is 18.3 Å². The Hall–Kier alpha value is -0.180. The molecule has 13 heavy (non-hydrogen) atoms. The third-order valence-electron chi connectivity index (χ3n) is 2.30. The molecule has 1 nitrogen and oxygen atoms in total. The van der Waals surface area contributed by atoms with Gasteiger partial charge in [0.2, 0.25) is 0 Å². The molecule has 1 aromatic carbocycles. The van der Waals surface area contributed by atoms with Crippen LogP contribution in [0, 0.1) is 0 Å². The van der Waals surface area contributed by atoms with E-state index in [2.05, 4.69) is 0 Å². The number of hydrogen-bond acceptors (Lipinski definition) is 2. The van der Waals surface area contributed by atoms with E-state index in [9.17, 15) is 5.11 Å². The van der Waals surface area contributed by atoms with Gasteiger partial charge in [0.05, 0.1) is 6.10 Å². The van der Waals surface area contributed by atoms with Crippen LogP contribution >= 0.6 is 23.4 Å². The maximum Gasteiger partial charge on any atom is 0.0801 e. The van der Waals surface area contributed by atoms with E-state index in [-0.39, 0.29) is 6.10 Å². The van der Waals surface area contributed by atoms with Gasteiger partial charge < -0.3 is 5.11 Å². The van der Waals surface area contributed by atoms with Gasteiger partial charge in [-0.2, -0.15) is 11.8 Å². The van der Waals surface area contributed by atoms with E-state index in [1.165, 1.54) is 0 Å². The van der Waals surface area contributed by atoms with E-state index in [0.29, 0.717) is 0 Å². The summed E-state index contributed by atoms with van der Waals surface area (Å²) in [5, 5.41) is 10.6. The summed E-state index contributed by atoms with van der Waals surface area (Å²) in [7, 11) is 0. The Morgan fingerprint density at radius 1 is 1.46 bits per heavy atom. The fourth-order valence-electron chi connectivity index (χ4n) is 1.56. The van der Waals surface area contributed by atoms with Crippen molar-refractivity contribution in [3.63, 3.8) is 0 Å². The molecule has 0 radical (unpaired) electrons. The van der Waals surface area contributed by atoms with Crippen LogP contribution in [0.25, 0.3) is 0 Å². The van der Waals surface area contributed by atoms with Crippen LogP contribution in [0.5, 0.6) is 0 Å². The molecule has 1 aromatic rings. The molecular formula is C10H11ClOS. The van der Waals surface area contributed by atoms with Gasteiger partial charge in [-0.05, 0) is 29.4 Å². The Morgan fingerprint density at radius 3 is 3.15 bits per heavy atom. The lowest BCUT2D eigenvalue weighted by Crippen LogP contribution is -1.99. The zero-order valence-corrected chi connectivity index (χ0v) is 8.74. The number of halogens is 1. The van der Waals surface area contributed by atoms with Crippen molar-refractivity contribution in [2.75, 3.05) is 5.75 Å². The number of aliphatic hydroxyl groups is 1. The first kappa shape index (κ1) is 9.38. The largest absolute Gasteiger partial charge is 0.388 e. The summed E-state index contributed by atoms with van der Waals surface area (Å²) in [5.41, 5.74) is 2.12. The zero-order chi connectivity index (χ0) is 9.26. The Labute approximate surface area is 87.1 Å². The van der Waals surface area contributed by atoms with Gasteiger partial charge >= 0.3 is 0 Å². The van der Waals surface area contributed by atoms with Gasteiger partial charge in [-0.15, -0.1) is 0 Å². The number of thioether (sulfide) groups is 1. The summed E-state index contributed by atoms with van der Waals surface area (Å²) in [6.07, 6.45) is 0.501. The molecule has 2 rings (SSSR count). The van der Waals surface area contributed by atoms with Crippen molar-refractivity contribution in [1.29, 1.82) is 0 Å². The molecule has 1 aliphatic rings. The van der Waals surface area contributed by atoms with Crippen molar-refractivity contribution in [3.05, 3.63) is 34.3 Å². The second kappa shape index (κ2) is 3.91. The van der Waals surface area contributed by atoms with Crippen LogP contribution in [0.2, 0.25) is 5.02 Å². The molecule has 0 aromatic heterocycles. The maximum atomic E-state index is 9.79. The summed E-state index contributed by atoms with van der Waals surface area (Å²) in [5.74, 6) is 1.93. The maximum absolute atomic E-state index is 9.79. The SMILES string of the molecule is O[C@H]1CCSCc2c(Cl)cccc21. The van der Waals surface area contributed by atoms with E-state index in [4.69, 9.17) is 11.6 Å². The van der Waals surface area contributed by atoms with E-state index >= 15 is 0 Å². The standard InChI is InChI=1S/C10H11ClOS/c11-9-3-1-2-7-8(9)6-13-5-4-10(7)12/h1-3,10,12H,4-6H2/t10-/m0/s1. The highest BCUT2D eigenvalue weighted by molar-refractivity contribution is 7.98. The highest BCUT2D eigenvalue weighted by atomic mass is 35.5. The monoisotopic (exact) mass is 214 g/mol. The highest BCUT2D eigenvalue weighted by Gasteiger charge is 2.17. The summed E-state index contributed by atoms with van der Waals surface area (Å²) in [6, 6.07) is 5.76. The van der Waals surface area contributed by atoms with Crippen molar-refractivity contribution >= 4 is 23.4 Å². The average Bonchev–Trinajstić information content (AvgIpc) is 2.30. The minimum absolute atomic E-state index is 0.330. The molecule has 0 saturated carbocycles. The molecule has 0 bridgehead atoms. The summed E-state index contributed by atoms with van der Waals surface area (Å²) >= 11 is 7.89. The third-order valence-corrected chi connectivity index (χ3v) is 3.67. The second-order valence-corrected chi connectivity index (χ2v) is 4.68. The van der Waals surface area contributed by atoms with Crippen molar-refractivity contribution in [3.8, 4) is 0 Å². The summed E-state index contributed by atoms with van der Waals surface area (Å²) in [4.78, 5) is 0. The quantitative estimate of drug-likeness (QED) is 0.717. The number of hydrogen-bond donors (Lipinski definition) is 1. The molecule has 1 atom stereocenters. The van der Waals surface area contributed by atoms with Gasteiger partial charge in [-0.1, -0.05) is 23.7 Å². The van der Waals surface area contributed by atoms with E-state index in [1.807, 2.05) is 30.0 Å². The topological polar surface area (TPSA) is 20.2 Å². The van der Waals surface area contributed by atoms with Crippen LogP contribution in [0.4, 0.5) is 0 Å². The van der Waals surface area contributed by atoms with Gasteiger partial charge in [0.15, 0.2) is 0 Å². The number of fused-ring (bicyclic) bond motifs is 1. The fraction of sp³-hybridized carbons (Fsp3) is 0.400. The number of benzene rings is 1. The molecule has 0 amide bonds. The normalized spacial score (nSPS) is 22.2. The molecule has 3 heteroatoms. The smallest absolute Gasteiger partial charge is 0.0801 e. The van der Waals surface area contributed by atoms with Crippen molar-refractivity contribution < 1.29 is 5.11 Å². The Bertz CT molecular complexity index is 314. The summed E-state index contributed by atoms with van der Waals surface area (Å²) < 4.78 is 0. The Kier molecular flexibility index (Phi) is 2.82. The first-order valence-electron chi connectivity index (χ1n) is 4.32. The van der Waals surface area contributed by atoms with Crippen LogP contribution in [0.15, 0.2) is 18.2 Å².